The van der Waals surface area contributed by atoms with Crippen LogP contribution in [0.4, 0.5) is 74.6 Å². The molecule has 0 spiro atoms. The second-order valence-electron chi connectivity index (χ2n) is 4.52. The van der Waals surface area contributed by atoms with Crippen LogP contribution >= 0.6 is 0 Å². The lowest BCUT2D eigenvalue weighted by Gasteiger charge is -2.42. The van der Waals surface area contributed by atoms with E-state index in [2.05, 4.69) is 0 Å². The third-order valence-corrected chi connectivity index (χ3v) is 2.72. The van der Waals surface area contributed by atoms with E-state index in [1.54, 1.807) is 0 Å². The Morgan fingerprint density at radius 2 is 0.500 bits per heavy atom. The molecule has 0 fully saturated rings. The van der Waals surface area contributed by atoms with Gasteiger partial charge in [-0.1, -0.05) is 0 Å². The lowest BCUT2D eigenvalue weighted by Crippen LogP contribution is -2.74. The number of alkyl halides is 17. The first kappa shape index (κ1) is 24.8. The summed E-state index contributed by atoms with van der Waals surface area (Å²) in [7, 11) is 0. The van der Waals surface area contributed by atoms with E-state index in [1.165, 1.54) is 0 Å². The lowest BCUT2D eigenvalue weighted by molar-refractivity contribution is -0.461. The molecule has 0 aliphatic heterocycles. The van der Waals surface area contributed by atoms with Gasteiger partial charge < -0.3 is 0 Å². The zero-order valence-corrected chi connectivity index (χ0v) is 10.9. The monoisotopic (exact) mass is 434 g/mol. The molecule has 0 aromatic carbocycles. The second-order valence-corrected chi connectivity index (χ2v) is 4.52. The van der Waals surface area contributed by atoms with Gasteiger partial charge in [0, 0.05) is 0 Å². The zero-order valence-electron chi connectivity index (χ0n) is 10.9. The first-order chi connectivity index (χ1) is 10.8. The van der Waals surface area contributed by atoms with Gasteiger partial charge in [0.25, 0.3) is 0 Å². The van der Waals surface area contributed by atoms with Crippen LogP contribution in [0, 0.1) is 0 Å². The predicted molar refractivity (Wildman–Crippen MR) is 43.8 cm³/mol. The molecule has 0 aromatic heterocycles. The maximum atomic E-state index is 12.8. The molecule has 1 radical (unpaired) electrons. The van der Waals surface area contributed by atoms with E-state index in [4.69, 9.17) is 5.73 Å². The molecule has 26 heavy (non-hydrogen) atoms. The Balaban J connectivity index is 6.61. The summed E-state index contributed by atoms with van der Waals surface area (Å²) in [6.45, 7) is 0. The largest absolute Gasteiger partial charge is 0.460 e. The van der Waals surface area contributed by atoms with E-state index in [0.717, 1.165) is 0 Å². The SMILES string of the molecule is [NH]C(F)(F)C(F)(F)C(F)(F)C(F)(F)C(F)(F)C(F)(F)C(F)(F)C(F)(F)F. The summed E-state index contributed by atoms with van der Waals surface area (Å²) in [6, 6.07) is -7.06. The smallest absolute Gasteiger partial charge is 0.192 e. The Kier molecular flexibility index (Phi) is 5.37. The maximum absolute atomic E-state index is 12.8. The Morgan fingerprint density at radius 3 is 0.692 bits per heavy atom. The summed E-state index contributed by atoms with van der Waals surface area (Å²) in [5.74, 6) is -50.2. The number of rotatable bonds is 6. The van der Waals surface area contributed by atoms with Crippen molar-refractivity contribution < 1.29 is 74.6 Å². The molecule has 0 bridgehead atoms. The minimum atomic E-state index is -8.64. The van der Waals surface area contributed by atoms with Crippen molar-refractivity contribution in [2.75, 3.05) is 0 Å². The molecule has 1 nitrogen and oxygen atoms in total. The van der Waals surface area contributed by atoms with Crippen molar-refractivity contribution in [3.05, 3.63) is 0 Å². The standard InChI is InChI=1S/C8HF17N/c9-1(10,3(13,14)5(17,18)7(21,22)23)2(11,12)4(15,16)6(19,20)8(24,25)26/h26H. The van der Waals surface area contributed by atoms with Gasteiger partial charge in [-0.15, -0.1) is 0 Å². The molecule has 18 heteroatoms. The lowest BCUT2D eigenvalue weighted by atomic mass is 9.90. The highest BCUT2D eigenvalue weighted by Crippen LogP contribution is 2.63. The van der Waals surface area contributed by atoms with Crippen molar-refractivity contribution in [2.24, 2.45) is 0 Å². The third kappa shape index (κ3) is 2.83. The molecule has 157 valence electrons. The molecule has 0 aromatic rings. The Hall–Kier alpha value is -1.23. The van der Waals surface area contributed by atoms with Gasteiger partial charge in [0.05, 0.1) is 0 Å². The second kappa shape index (κ2) is 5.63. The first-order valence-corrected chi connectivity index (χ1v) is 5.21. The summed E-state index contributed by atoms with van der Waals surface area (Å²) in [5.41, 5.74) is 5.20. The fraction of sp³-hybridized carbons (Fsp3) is 1.00. The number of hydrogen-bond acceptors (Lipinski definition) is 0. The van der Waals surface area contributed by atoms with Crippen LogP contribution in [0.3, 0.4) is 0 Å². The molecule has 0 saturated heterocycles. The molecule has 0 rings (SSSR count). The van der Waals surface area contributed by atoms with Crippen LogP contribution in [-0.2, 0) is 0 Å². The number of halogens is 17. The van der Waals surface area contributed by atoms with Crippen LogP contribution in [-0.4, -0.2) is 47.8 Å². The summed E-state index contributed by atoms with van der Waals surface area (Å²) in [4.78, 5) is 0. The average Bonchev–Trinajstić information content (AvgIpc) is 2.34. The highest BCUT2D eigenvalue weighted by atomic mass is 19.4. The molecule has 0 unspecified atom stereocenters. The van der Waals surface area contributed by atoms with Crippen LogP contribution < -0.4 is 5.73 Å². The molecule has 0 aliphatic rings. The van der Waals surface area contributed by atoms with Gasteiger partial charge in [-0.25, -0.2) is 0 Å². The van der Waals surface area contributed by atoms with Crippen molar-refractivity contribution >= 4 is 0 Å². The Bertz CT molecular complexity index is 474. The summed E-state index contributed by atoms with van der Waals surface area (Å²) < 4.78 is 211. The number of nitrogens with one attached hydrogen (secondary N) is 1. The minimum absolute atomic E-state index is 5.20. The highest BCUT2D eigenvalue weighted by molar-refractivity contribution is 5.14. The Labute approximate surface area is 129 Å². The predicted octanol–water partition coefficient (Wildman–Crippen LogP) is 5.24. The Morgan fingerprint density at radius 1 is 0.308 bits per heavy atom. The summed E-state index contributed by atoms with van der Waals surface area (Å²) in [5, 5.41) is 0. The van der Waals surface area contributed by atoms with Gasteiger partial charge in [-0.05, 0) is 0 Å². The zero-order chi connectivity index (χ0) is 22.0. The van der Waals surface area contributed by atoms with Gasteiger partial charge >= 0.3 is 47.8 Å². The van der Waals surface area contributed by atoms with Crippen LogP contribution in [0.1, 0.15) is 0 Å². The van der Waals surface area contributed by atoms with Crippen molar-refractivity contribution in [3.8, 4) is 0 Å². The van der Waals surface area contributed by atoms with E-state index in [-0.39, 0.29) is 0 Å². The maximum Gasteiger partial charge on any atom is 0.460 e. The third-order valence-electron chi connectivity index (χ3n) is 2.72. The molecule has 0 saturated carbocycles. The van der Waals surface area contributed by atoms with E-state index in [9.17, 15) is 74.6 Å². The fourth-order valence-electron chi connectivity index (χ4n) is 1.16. The summed E-state index contributed by atoms with van der Waals surface area (Å²) in [6.07, 6.45) is -7.77. The van der Waals surface area contributed by atoms with Crippen molar-refractivity contribution in [1.82, 2.24) is 5.73 Å². The van der Waals surface area contributed by atoms with Gasteiger partial charge in [0.2, 0.25) is 0 Å². The molecular formula is C8HF17N. The van der Waals surface area contributed by atoms with Crippen LogP contribution in [0.25, 0.3) is 0 Å². The average molecular weight is 434 g/mol. The van der Waals surface area contributed by atoms with Gasteiger partial charge in [-0.2, -0.15) is 80.4 Å². The highest BCUT2D eigenvalue weighted by Gasteiger charge is 2.95. The topological polar surface area (TPSA) is 23.8 Å². The first-order valence-electron chi connectivity index (χ1n) is 5.21. The van der Waals surface area contributed by atoms with Crippen molar-refractivity contribution in [2.45, 2.75) is 47.8 Å². The van der Waals surface area contributed by atoms with Crippen LogP contribution in [0.5, 0.6) is 0 Å². The van der Waals surface area contributed by atoms with E-state index in [1.807, 2.05) is 0 Å². The molecule has 0 aliphatic carbocycles. The van der Waals surface area contributed by atoms with Gasteiger partial charge in [-0.3, -0.25) is 0 Å². The molecule has 1 N–H and O–H groups in total. The molecule has 0 heterocycles. The van der Waals surface area contributed by atoms with Crippen LogP contribution in [0.15, 0.2) is 0 Å². The quantitative estimate of drug-likeness (QED) is 0.404. The van der Waals surface area contributed by atoms with E-state index >= 15 is 0 Å². The fourth-order valence-corrected chi connectivity index (χ4v) is 1.16. The van der Waals surface area contributed by atoms with Crippen LogP contribution in [0.2, 0.25) is 0 Å². The van der Waals surface area contributed by atoms with Gasteiger partial charge in [0.15, 0.2) is 0 Å². The number of hydrogen-bond donors (Lipinski definition) is 0. The summed E-state index contributed by atoms with van der Waals surface area (Å²) >= 11 is 0. The normalized spacial score (nSPS) is 16.8. The van der Waals surface area contributed by atoms with Gasteiger partial charge in [0.1, 0.15) is 0 Å². The van der Waals surface area contributed by atoms with Crippen molar-refractivity contribution in [3.63, 3.8) is 0 Å². The molecule has 0 amide bonds. The minimum Gasteiger partial charge on any atom is -0.192 e. The van der Waals surface area contributed by atoms with E-state index < -0.39 is 47.8 Å². The van der Waals surface area contributed by atoms with E-state index in [0.29, 0.717) is 0 Å². The molecular weight excluding hydrogens is 433 g/mol. The van der Waals surface area contributed by atoms with Crippen molar-refractivity contribution in [1.29, 1.82) is 0 Å². The molecule has 0 atom stereocenters.